The average molecular weight is 840 g/mol. The minimum absolute atomic E-state index is 0.0949. The summed E-state index contributed by atoms with van der Waals surface area (Å²) >= 11 is 4.22. The zero-order valence-corrected chi connectivity index (χ0v) is 34.1. The van der Waals surface area contributed by atoms with Crippen LogP contribution in [0.3, 0.4) is 0 Å². The molecule has 16 heteroatoms. The molecular formula is C42H45N7O6S3. The normalized spacial score (nSPS) is 12.6. The van der Waals surface area contributed by atoms with Crippen molar-refractivity contribution >= 4 is 52.3 Å². The molecule has 3 amide bonds. The Morgan fingerprint density at radius 2 is 0.776 bits per heavy atom. The van der Waals surface area contributed by atoms with Crippen molar-refractivity contribution in [2.45, 2.75) is 57.2 Å². The minimum atomic E-state index is -0.564. The molecule has 13 nitrogen and oxygen atoms in total. The van der Waals surface area contributed by atoms with E-state index < -0.39 is 36.4 Å². The zero-order valence-electron chi connectivity index (χ0n) is 31.7. The second kappa shape index (κ2) is 22.9. The van der Waals surface area contributed by atoms with Gasteiger partial charge < -0.3 is 30.2 Å². The van der Waals surface area contributed by atoms with Gasteiger partial charge >= 0.3 is 18.3 Å². The molecule has 0 saturated carbocycles. The molecular weight excluding hydrogens is 795 g/mol. The van der Waals surface area contributed by atoms with Gasteiger partial charge in [-0.05, 0) is 36.0 Å². The van der Waals surface area contributed by atoms with Crippen LogP contribution in [0.5, 0.6) is 0 Å². The number of rotatable bonds is 21. The fourth-order valence-electron chi connectivity index (χ4n) is 6.31. The van der Waals surface area contributed by atoms with Gasteiger partial charge in [0, 0.05) is 56.4 Å². The molecule has 0 spiro atoms. The van der Waals surface area contributed by atoms with Crippen molar-refractivity contribution < 1.29 is 28.6 Å². The van der Waals surface area contributed by atoms with Crippen LogP contribution in [0.25, 0.3) is 0 Å². The highest BCUT2D eigenvalue weighted by molar-refractivity contribution is 7.10. The second-order valence-corrected chi connectivity index (χ2v) is 16.4. The Morgan fingerprint density at radius 1 is 0.483 bits per heavy atom. The van der Waals surface area contributed by atoms with Crippen LogP contribution in [0.2, 0.25) is 0 Å². The van der Waals surface area contributed by atoms with E-state index in [0.717, 1.165) is 31.3 Å². The number of carbonyl (C=O) groups is 3. The van der Waals surface area contributed by atoms with Gasteiger partial charge in [0.05, 0.1) is 31.2 Å². The predicted octanol–water partition coefficient (Wildman–Crippen LogP) is 7.27. The monoisotopic (exact) mass is 839 g/mol. The van der Waals surface area contributed by atoms with E-state index in [1.54, 1.807) is 35.1 Å². The van der Waals surface area contributed by atoms with Gasteiger partial charge in [-0.2, -0.15) is 0 Å². The SMILES string of the molecule is O=C(NC(Cc1ccccc1)CN(C[C@H](Cc1ccccc1)NC(=O)OCc1cncs1)C[C@H](Cc1ccccc1)NC(=O)OCc1cncs1)OCc1cncs1. The second-order valence-electron chi connectivity index (χ2n) is 13.4. The first kappa shape index (κ1) is 41.9. The third kappa shape index (κ3) is 15.0. The van der Waals surface area contributed by atoms with Gasteiger partial charge in [0.25, 0.3) is 0 Å². The van der Waals surface area contributed by atoms with Crippen LogP contribution in [0, 0.1) is 0 Å². The van der Waals surface area contributed by atoms with Crippen molar-refractivity contribution in [1.82, 2.24) is 35.8 Å². The number of benzene rings is 3. The van der Waals surface area contributed by atoms with E-state index in [0.29, 0.717) is 38.9 Å². The van der Waals surface area contributed by atoms with Crippen molar-refractivity contribution in [2.24, 2.45) is 0 Å². The lowest BCUT2D eigenvalue weighted by atomic mass is 10.0. The lowest BCUT2D eigenvalue weighted by molar-refractivity contribution is 0.121. The number of thiazole rings is 3. The Kier molecular flexibility index (Phi) is 16.6. The summed E-state index contributed by atoms with van der Waals surface area (Å²) in [5.74, 6) is 0. The molecule has 6 aromatic rings. The number of aromatic nitrogens is 3. The van der Waals surface area contributed by atoms with Crippen LogP contribution in [-0.4, -0.2) is 75.9 Å². The molecule has 3 N–H and O–H groups in total. The summed E-state index contributed by atoms with van der Waals surface area (Å²) in [7, 11) is 0. The number of ether oxygens (including phenoxy) is 3. The van der Waals surface area contributed by atoms with E-state index in [1.807, 2.05) is 91.0 Å². The third-order valence-electron chi connectivity index (χ3n) is 8.86. The van der Waals surface area contributed by atoms with Gasteiger partial charge in [0.2, 0.25) is 0 Å². The van der Waals surface area contributed by atoms with Crippen LogP contribution in [-0.2, 0) is 53.3 Å². The van der Waals surface area contributed by atoms with E-state index in [4.69, 9.17) is 14.2 Å². The van der Waals surface area contributed by atoms with Gasteiger partial charge in [0.1, 0.15) is 19.8 Å². The highest BCUT2D eigenvalue weighted by Gasteiger charge is 2.26. The summed E-state index contributed by atoms with van der Waals surface area (Å²) in [5, 5.41) is 9.32. The highest BCUT2D eigenvalue weighted by Crippen LogP contribution is 2.15. The van der Waals surface area contributed by atoms with E-state index in [2.05, 4.69) is 35.8 Å². The molecule has 0 aliphatic carbocycles. The Labute approximate surface area is 349 Å². The molecule has 3 heterocycles. The lowest BCUT2D eigenvalue weighted by Crippen LogP contribution is -2.54. The van der Waals surface area contributed by atoms with Gasteiger partial charge in [-0.15, -0.1) is 34.0 Å². The number of hydrogen-bond donors (Lipinski definition) is 3. The van der Waals surface area contributed by atoms with Crippen molar-refractivity contribution in [3.63, 3.8) is 0 Å². The molecule has 1 unspecified atom stereocenters. The molecule has 3 atom stereocenters. The minimum Gasteiger partial charge on any atom is -0.444 e. The average Bonchev–Trinajstić information content (AvgIpc) is 4.05. The maximum Gasteiger partial charge on any atom is 0.407 e. The molecule has 0 saturated heterocycles. The standard InChI is InChI=1S/C42H45N7O6S3/c50-40(53-25-37-19-43-28-56-37)46-34(16-31-10-4-1-5-11-31)22-49(23-35(17-32-12-6-2-7-13-32)47-41(51)54-26-38-20-44-29-57-38)24-36(18-33-14-8-3-9-15-33)48-42(52)55-27-39-21-45-30-58-39/h1-15,19-21,28-30,34-36H,16-18,22-27H2,(H,46,50)(H,47,51)(H,48,52)/t34-,35-,36?/m0/s1. The highest BCUT2D eigenvalue weighted by atomic mass is 32.1. The number of carbonyl (C=O) groups excluding carboxylic acids is 3. The largest absolute Gasteiger partial charge is 0.444 e. The van der Waals surface area contributed by atoms with Gasteiger partial charge in [-0.1, -0.05) is 91.0 Å². The van der Waals surface area contributed by atoms with E-state index in [9.17, 15) is 14.4 Å². The van der Waals surface area contributed by atoms with Crippen LogP contribution in [0.1, 0.15) is 31.3 Å². The maximum atomic E-state index is 13.4. The van der Waals surface area contributed by atoms with Crippen LogP contribution in [0.4, 0.5) is 14.4 Å². The van der Waals surface area contributed by atoms with Crippen molar-refractivity contribution in [3.8, 4) is 0 Å². The molecule has 0 aliphatic rings. The quantitative estimate of drug-likeness (QED) is 0.0630. The first-order valence-corrected chi connectivity index (χ1v) is 21.3. The van der Waals surface area contributed by atoms with Crippen molar-refractivity contribution in [3.05, 3.63) is 157 Å². The Balaban J connectivity index is 1.26. The van der Waals surface area contributed by atoms with Crippen molar-refractivity contribution in [2.75, 3.05) is 19.6 Å². The van der Waals surface area contributed by atoms with Crippen LogP contribution >= 0.6 is 34.0 Å². The number of hydrogen-bond acceptors (Lipinski definition) is 13. The summed E-state index contributed by atoms with van der Waals surface area (Å²) in [4.78, 5) is 56.9. The molecule has 302 valence electrons. The first-order chi connectivity index (χ1) is 28.4. The molecule has 0 fully saturated rings. The van der Waals surface area contributed by atoms with Crippen LogP contribution < -0.4 is 16.0 Å². The Morgan fingerprint density at radius 3 is 1.03 bits per heavy atom. The summed E-state index contributed by atoms with van der Waals surface area (Å²) in [6, 6.07) is 28.4. The summed E-state index contributed by atoms with van der Waals surface area (Å²) < 4.78 is 16.9. The molecule has 3 aromatic heterocycles. The number of nitrogens with one attached hydrogen (secondary N) is 3. The van der Waals surface area contributed by atoms with E-state index in [-0.39, 0.29) is 19.8 Å². The van der Waals surface area contributed by atoms with Gasteiger partial charge in [-0.3, -0.25) is 19.9 Å². The maximum absolute atomic E-state index is 13.4. The smallest absolute Gasteiger partial charge is 0.407 e. The predicted molar refractivity (Wildman–Crippen MR) is 225 cm³/mol. The number of nitrogens with zero attached hydrogens (tertiary/aromatic N) is 4. The molecule has 3 aromatic carbocycles. The topological polar surface area (TPSA) is 157 Å². The molecule has 58 heavy (non-hydrogen) atoms. The molecule has 6 rings (SSSR count). The fourth-order valence-corrected chi connectivity index (χ4v) is 7.83. The lowest BCUT2D eigenvalue weighted by Gasteiger charge is -2.34. The Bertz CT molecular complexity index is 1820. The first-order valence-electron chi connectivity index (χ1n) is 18.7. The molecule has 0 radical (unpaired) electrons. The fraction of sp³-hybridized carbons (Fsp3) is 0.286. The van der Waals surface area contributed by atoms with Crippen LogP contribution in [0.15, 0.2) is 126 Å². The van der Waals surface area contributed by atoms with Gasteiger partial charge in [0.15, 0.2) is 0 Å². The van der Waals surface area contributed by atoms with Gasteiger partial charge in [-0.25, -0.2) is 14.4 Å². The number of alkyl carbamates (subject to hydrolysis) is 3. The number of amides is 3. The van der Waals surface area contributed by atoms with E-state index >= 15 is 0 Å². The Hall–Kier alpha value is -5.68. The summed E-state index contributed by atoms with van der Waals surface area (Å²) in [6.45, 7) is 1.32. The third-order valence-corrected chi connectivity index (χ3v) is 11.1. The molecule has 0 aliphatic heterocycles. The summed E-state index contributed by atoms with van der Waals surface area (Å²) in [6.07, 6.45) is 4.81. The van der Waals surface area contributed by atoms with Crippen molar-refractivity contribution in [1.29, 1.82) is 0 Å². The zero-order chi connectivity index (χ0) is 40.2. The summed E-state index contributed by atoms with van der Waals surface area (Å²) in [5.41, 5.74) is 8.13. The van der Waals surface area contributed by atoms with E-state index in [1.165, 1.54) is 34.0 Å². The molecule has 0 bridgehead atoms.